The molecule has 0 saturated heterocycles. The van der Waals surface area contributed by atoms with Gasteiger partial charge in [-0.1, -0.05) is 6.92 Å². The van der Waals surface area contributed by atoms with E-state index in [1.165, 1.54) is 18.0 Å². The zero-order valence-corrected chi connectivity index (χ0v) is 18.4. The molecule has 0 aliphatic heterocycles. The van der Waals surface area contributed by atoms with Crippen LogP contribution in [0.1, 0.15) is 65.9 Å². The van der Waals surface area contributed by atoms with Crippen molar-refractivity contribution in [3.05, 3.63) is 77.6 Å². The number of carbonyl (C=O) groups excluding carboxylic acids is 1. The van der Waals surface area contributed by atoms with Gasteiger partial charge in [-0.05, 0) is 97.0 Å². The van der Waals surface area contributed by atoms with E-state index in [2.05, 4.69) is 22.1 Å². The van der Waals surface area contributed by atoms with Crippen LogP contribution in [0, 0.1) is 11.7 Å². The molecular formula is C26H25FN4O2. The molecule has 5 rings (SSSR count). The first kappa shape index (κ1) is 21.2. The molecule has 1 saturated carbocycles. The first-order valence-corrected chi connectivity index (χ1v) is 11.3. The first-order chi connectivity index (χ1) is 16.0. The number of halogens is 1. The van der Waals surface area contributed by atoms with Crippen molar-refractivity contribution in [2.45, 2.75) is 44.4 Å². The Balaban J connectivity index is 1.38. The molecular weight excluding hydrogens is 419 g/mol. The Labute approximate surface area is 191 Å². The van der Waals surface area contributed by atoms with Gasteiger partial charge in [0.05, 0.1) is 5.52 Å². The molecule has 1 atom stereocenters. The van der Waals surface area contributed by atoms with Gasteiger partial charge >= 0.3 is 0 Å². The summed E-state index contributed by atoms with van der Waals surface area (Å²) in [6.07, 6.45) is 7.12. The third-order valence-corrected chi connectivity index (χ3v) is 7.07. The van der Waals surface area contributed by atoms with E-state index < -0.39 is 5.91 Å². The topological polar surface area (TPSA) is 94.9 Å². The molecule has 33 heavy (non-hydrogen) atoms. The lowest BCUT2D eigenvalue weighted by molar-refractivity contribution is 0.0998. The highest BCUT2D eigenvalue weighted by Crippen LogP contribution is 2.44. The highest BCUT2D eigenvalue weighted by Gasteiger charge is 2.30. The van der Waals surface area contributed by atoms with Gasteiger partial charge in [0, 0.05) is 22.7 Å². The molecule has 2 aromatic carbocycles. The molecule has 1 aliphatic rings. The fraction of sp³-hybridized carbons (Fsp3) is 0.308. The Morgan fingerprint density at radius 2 is 1.94 bits per heavy atom. The molecule has 2 N–H and O–H groups in total. The van der Waals surface area contributed by atoms with Crippen LogP contribution in [0.2, 0.25) is 0 Å². The van der Waals surface area contributed by atoms with Crippen molar-refractivity contribution in [2.75, 3.05) is 0 Å². The van der Waals surface area contributed by atoms with Gasteiger partial charge in [-0.15, -0.1) is 10.2 Å². The number of hydrogen-bond donors (Lipinski definition) is 1. The molecule has 1 amide bonds. The summed E-state index contributed by atoms with van der Waals surface area (Å²) in [5.74, 6) is 0.651. The standard InChI is InChI=1S/C26H25FN4O2/c1-15(22-12-18(26-31-30-14-33-26)6-8-21(22)25(28)32)16-2-4-17(5-3-16)20-10-11-29-24-9-7-19(27)13-23(20)24/h6-17H,2-5H2,1H3,(H2,28,32)/t15-,16?,17?/m1/s1. The fourth-order valence-electron chi connectivity index (χ4n) is 5.28. The van der Waals surface area contributed by atoms with E-state index in [0.29, 0.717) is 23.3 Å². The van der Waals surface area contributed by atoms with Crippen LogP contribution in [0.4, 0.5) is 4.39 Å². The summed E-state index contributed by atoms with van der Waals surface area (Å²) in [5, 5.41) is 8.63. The third kappa shape index (κ3) is 4.11. The minimum absolute atomic E-state index is 0.142. The van der Waals surface area contributed by atoms with Crippen LogP contribution < -0.4 is 5.73 Å². The minimum Gasteiger partial charge on any atom is -0.423 e. The summed E-state index contributed by atoms with van der Waals surface area (Å²) in [6, 6.07) is 12.3. The van der Waals surface area contributed by atoms with Crippen molar-refractivity contribution in [2.24, 2.45) is 11.7 Å². The Morgan fingerprint density at radius 1 is 1.12 bits per heavy atom. The van der Waals surface area contributed by atoms with Crippen LogP contribution in [0.3, 0.4) is 0 Å². The lowest BCUT2D eigenvalue weighted by Crippen LogP contribution is -2.22. The lowest BCUT2D eigenvalue weighted by Gasteiger charge is -2.33. The molecule has 4 aromatic rings. The quantitative estimate of drug-likeness (QED) is 0.432. The number of amides is 1. The summed E-state index contributed by atoms with van der Waals surface area (Å²) in [7, 11) is 0. The largest absolute Gasteiger partial charge is 0.423 e. The van der Waals surface area contributed by atoms with Gasteiger partial charge in [0.25, 0.3) is 0 Å². The predicted octanol–water partition coefficient (Wildman–Crippen LogP) is 5.60. The molecule has 7 heteroatoms. The second-order valence-corrected chi connectivity index (χ2v) is 8.87. The van der Waals surface area contributed by atoms with Gasteiger partial charge in [-0.3, -0.25) is 9.78 Å². The van der Waals surface area contributed by atoms with Gasteiger partial charge in [0.1, 0.15) is 5.82 Å². The minimum atomic E-state index is -0.437. The molecule has 0 bridgehead atoms. The highest BCUT2D eigenvalue weighted by molar-refractivity contribution is 5.95. The average Bonchev–Trinajstić information content (AvgIpc) is 3.38. The van der Waals surface area contributed by atoms with E-state index in [1.807, 2.05) is 18.3 Å². The second kappa shape index (κ2) is 8.73. The maximum atomic E-state index is 13.9. The zero-order valence-electron chi connectivity index (χ0n) is 18.4. The first-order valence-electron chi connectivity index (χ1n) is 11.3. The van der Waals surface area contributed by atoms with E-state index in [1.54, 1.807) is 24.3 Å². The molecule has 1 fully saturated rings. The Bertz CT molecular complexity index is 1300. The smallest absolute Gasteiger partial charge is 0.248 e. The summed E-state index contributed by atoms with van der Waals surface area (Å²) >= 11 is 0. The van der Waals surface area contributed by atoms with Crippen molar-refractivity contribution < 1.29 is 13.6 Å². The van der Waals surface area contributed by atoms with Gasteiger partial charge < -0.3 is 10.2 Å². The maximum absolute atomic E-state index is 13.9. The molecule has 0 spiro atoms. The molecule has 2 heterocycles. The maximum Gasteiger partial charge on any atom is 0.248 e. The van der Waals surface area contributed by atoms with Crippen molar-refractivity contribution in [1.29, 1.82) is 0 Å². The molecule has 2 aromatic heterocycles. The Hall–Kier alpha value is -3.61. The van der Waals surface area contributed by atoms with Crippen molar-refractivity contribution >= 4 is 16.8 Å². The Morgan fingerprint density at radius 3 is 2.67 bits per heavy atom. The van der Waals surface area contributed by atoms with Crippen LogP contribution in [0.15, 0.2) is 59.5 Å². The summed E-state index contributed by atoms with van der Waals surface area (Å²) < 4.78 is 19.2. The number of fused-ring (bicyclic) bond motifs is 1. The lowest BCUT2D eigenvalue weighted by atomic mass is 9.71. The van der Waals surface area contributed by atoms with Gasteiger partial charge in [-0.25, -0.2) is 4.39 Å². The number of hydrogen-bond acceptors (Lipinski definition) is 5. The van der Waals surface area contributed by atoms with Crippen LogP contribution in [0.25, 0.3) is 22.4 Å². The van der Waals surface area contributed by atoms with E-state index in [0.717, 1.165) is 47.7 Å². The van der Waals surface area contributed by atoms with Gasteiger partial charge in [0.15, 0.2) is 0 Å². The fourth-order valence-corrected chi connectivity index (χ4v) is 5.28. The number of aromatic nitrogens is 3. The molecule has 0 unspecified atom stereocenters. The number of carbonyl (C=O) groups is 1. The molecule has 6 nitrogen and oxygen atoms in total. The number of nitrogens with two attached hydrogens (primary N) is 1. The Kier molecular flexibility index (Phi) is 5.62. The molecule has 0 radical (unpaired) electrons. The second-order valence-electron chi connectivity index (χ2n) is 8.87. The number of benzene rings is 2. The van der Waals surface area contributed by atoms with Gasteiger partial charge in [-0.2, -0.15) is 0 Å². The predicted molar refractivity (Wildman–Crippen MR) is 123 cm³/mol. The summed E-state index contributed by atoms with van der Waals surface area (Å²) in [6.45, 7) is 2.15. The number of rotatable bonds is 5. The third-order valence-electron chi connectivity index (χ3n) is 7.07. The summed E-state index contributed by atoms with van der Waals surface area (Å²) in [5.41, 5.74) is 9.90. The van der Waals surface area contributed by atoms with Crippen LogP contribution in [-0.2, 0) is 0 Å². The van der Waals surface area contributed by atoms with E-state index in [-0.39, 0.29) is 11.7 Å². The van der Waals surface area contributed by atoms with Crippen LogP contribution >= 0.6 is 0 Å². The van der Waals surface area contributed by atoms with E-state index in [9.17, 15) is 9.18 Å². The van der Waals surface area contributed by atoms with Crippen LogP contribution in [-0.4, -0.2) is 21.1 Å². The van der Waals surface area contributed by atoms with Crippen LogP contribution in [0.5, 0.6) is 0 Å². The normalized spacial score (nSPS) is 19.5. The SMILES string of the molecule is C[C@@H](c1cc(-c2nnco2)ccc1C(N)=O)C1CCC(c2ccnc3ccc(F)cc23)CC1. The summed E-state index contributed by atoms with van der Waals surface area (Å²) in [4.78, 5) is 16.5. The van der Waals surface area contributed by atoms with Crippen molar-refractivity contribution in [3.8, 4) is 11.5 Å². The monoisotopic (exact) mass is 444 g/mol. The number of nitrogens with zero attached hydrogens (tertiary/aromatic N) is 3. The highest BCUT2D eigenvalue weighted by atomic mass is 19.1. The van der Waals surface area contributed by atoms with Crippen molar-refractivity contribution in [1.82, 2.24) is 15.2 Å². The average molecular weight is 445 g/mol. The van der Waals surface area contributed by atoms with E-state index in [4.69, 9.17) is 10.2 Å². The zero-order chi connectivity index (χ0) is 22.9. The number of pyridine rings is 1. The number of primary amides is 1. The van der Waals surface area contributed by atoms with Crippen molar-refractivity contribution in [3.63, 3.8) is 0 Å². The molecule has 168 valence electrons. The molecule has 1 aliphatic carbocycles. The van der Waals surface area contributed by atoms with E-state index >= 15 is 0 Å². The van der Waals surface area contributed by atoms with Gasteiger partial charge in [0.2, 0.25) is 18.2 Å².